The third kappa shape index (κ3) is 4.68. The van der Waals surface area contributed by atoms with Crippen molar-refractivity contribution in [2.75, 3.05) is 41.4 Å². The summed E-state index contributed by atoms with van der Waals surface area (Å²) < 4.78 is 17.2. The van der Waals surface area contributed by atoms with Gasteiger partial charge in [-0.3, -0.25) is 15.0 Å². The number of ether oxygens (including phenoxy) is 3. The molecule has 4 aliphatic rings. The number of anilines is 3. The second kappa shape index (κ2) is 8.90. The van der Waals surface area contributed by atoms with E-state index in [1.54, 1.807) is 29.3 Å². The summed E-state index contributed by atoms with van der Waals surface area (Å²) in [6.07, 6.45) is 4.23. The number of amides is 3. The minimum atomic E-state index is -0.613. The average molecular weight is 495 g/mol. The first-order valence-electron chi connectivity index (χ1n) is 12.4. The van der Waals surface area contributed by atoms with Gasteiger partial charge in [0.05, 0.1) is 18.3 Å². The number of aromatic nitrogens is 2. The van der Waals surface area contributed by atoms with Gasteiger partial charge in [-0.05, 0) is 51.3 Å². The molecule has 3 amide bonds. The van der Waals surface area contributed by atoms with Gasteiger partial charge in [0.25, 0.3) is 5.91 Å². The number of rotatable bonds is 6. The van der Waals surface area contributed by atoms with Crippen LogP contribution in [0.4, 0.5) is 22.1 Å². The van der Waals surface area contributed by atoms with Crippen molar-refractivity contribution >= 4 is 29.3 Å². The van der Waals surface area contributed by atoms with Crippen molar-refractivity contribution in [3.8, 4) is 5.75 Å². The zero-order valence-corrected chi connectivity index (χ0v) is 20.4. The summed E-state index contributed by atoms with van der Waals surface area (Å²) in [6, 6.07) is 6.88. The fourth-order valence-corrected chi connectivity index (χ4v) is 4.86. The zero-order valence-electron chi connectivity index (χ0n) is 20.4. The lowest BCUT2D eigenvalue weighted by Gasteiger charge is -2.35. The molecule has 2 aromatic heterocycles. The molecule has 2 atom stereocenters. The Labute approximate surface area is 209 Å². The van der Waals surface area contributed by atoms with Gasteiger partial charge in [-0.25, -0.2) is 14.8 Å². The lowest BCUT2D eigenvalue weighted by atomic mass is 10.1. The standard InChI is InChI=1S/C25H30N6O5/c1-25(2)35-14-18(36-25)13-34-17-7-9-26-21(11-17)29-24(33)31-16-8-10-30(12-16)20-6-5-19(28-22(20)31)23(32)27-15-3-4-15/h5-7,9,11,15-16,18H,3-4,8,10,12-14H2,1-2H3,(H,27,32)(H,26,29,33)/t16-,18+/m0/s1. The summed E-state index contributed by atoms with van der Waals surface area (Å²) in [6.45, 7) is 6.09. The van der Waals surface area contributed by atoms with E-state index in [2.05, 4.69) is 25.5 Å². The van der Waals surface area contributed by atoms with Crippen LogP contribution in [0.15, 0.2) is 30.5 Å². The van der Waals surface area contributed by atoms with Crippen LogP contribution in [0.25, 0.3) is 0 Å². The summed E-state index contributed by atoms with van der Waals surface area (Å²) >= 11 is 0. The second-order valence-electron chi connectivity index (χ2n) is 10.1. The first-order chi connectivity index (χ1) is 17.3. The van der Waals surface area contributed by atoms with Gasteiger partial charge in [-0.2, -0.15) is 0 Å². The first kappa shape index (κ1) is 23.0. The summed E-state index contributed by atoms with van der Waals surface area (Å²) in [7, 11) is 0. The highest BCUT2D eigenvalue weighted by Gasteiger charge is 2.41. The molecule has 2 aromatic rings. The molecular weight excluding hydrogens is 464 g/mol. The topological polar surface area (TPSA) is 118 Å². The maximum absolute atomic E-state index is 13.5. The highest BCUT2D eigenvalue weighted by atomic mass is 16.7. The maximum Gasteiger partial charge on any atom is 0.329 e. The number of nitrogens with zero attached hydrogens (tertiary/aromatic N) is 4. The molecule has 0 unspecified atom stereocenters. The highest BCUT2D eigenvalue weighted by molar-refractivity contribution is 6.05. The number of hydrogen-bond donors (Lipinski definition) is 2. The number of hydrogen-bond acceptors (Lipinski definition) is 8. The van der Waals surface area contributed by atoms with Crippen LogP contribution in [0.3, 0.4) is 0 Å². The Morgan fingerprint density at radius 3 is 2.86 bits per heavy atom. The Balaban J connectivity index is 1.17. The molecule has 1 aliphatic carbocycles. The van der Waals surface area contributed by atoms with E-state index in [1.165, 1.54) is 0 Å². The van der Waals surface area contributed by atoms with Crippen LogP contribution in [0, 0.1) is 0 Å². The first-order valence-corrected chi connectivity index (χ1v) is 12.4. The molecule has 1 saturated carbocycles. The molecular formula is C25H30N6O5. The normalized spacial score (nSPS) is 23.8. The van der Waals surface area contributed by atoms with Gasteiger partial charge in [0, 0.05) is 31.4 Å². The number of nitrogens with one attached hydrogen (secondary N) is 2. The van der Waals surface area contributed by atoms with E-state index in [0.717, 1.165) is 38.0 Å². The van der Waals surface area contributed by atoms with Crippen LogP contribution in [-0.4, -0.2) is 72.2 Å². The predicted octanol–water partition coefficient (Wildman–Crippen LogP) is 2.53. The Morgan fingerprint density at radius 2 is 2.08 bits per heavy atom. The zero-order chi connectivity index (χ0) is 24.9. The van der Waals surface area contributed by atoms with Crippen molar-refractivity contribution in [3.63, 3.8) is 0 Å². The molecule has 2 N–H and O–H groups in total. The summed E-state index contributed by atoms with van der Waals surface area (Å²) in [5.74, 6) is 0.611. The fourth-order valence-electron chi connectivity index (χ4n) is 4.86. The number of carbonyl (C=O) groups excluding carboxylic acids is 2. The van der Waals surface area contributed by atoms with E-state index < -0.39 is 5.79 Å². The van der Waals surface area contributed by atoms with Crippen LogP contribution in [0.1, 0.15) is 43.6 Å². The van der Waals surface area contributed by atoms with Crippen molar-refractivity contribution in [1.82, 2.24) is 15.3 Å². The van der Waals surface area contributed by atoms with E-state index in [4.69, 9.17) is 14.2 Å². The molecule has 0 radical (unpaired) electrons. The van der Waals surface area contributed by atoms with E-state index in [-0.39, 0.29) is 30.1 Å². The van der Waals surface area contributed by atoms with Crippen molar-refractivity contribution in [2.45, 2.75) is 57.1 Å². The molecule has 2 saturated heterocycles. The Hall–Kier alpha value is -3.44. The van der Waals surface area contributed by atoms with E-state index in [1.807, 2.05) is 19.9 Å². The second-order valence-corrected chi connectivity index (χ2v) is 10.1. The van der Waals surface area contributed by atoms with Crippen LogP contribution < -0.4 is 25.2 Å². The average Bonchev–Trinajstić information content (AvgIpc) is 3.46. The molecule has 6 rings (SSSR count). The molecule has 0 spiro atoms. The minimum Gasteiger partial charge on any atom is -0.491 e. The van der Waals surface area contributed by atoms with Gasteiger partial charge in [0.1, 0.15) is 30.0 Å². The summed E-state index contributed by atoms with van der Waals surface area (Å²) in [4.78, 5) is 38.9. The molecule has 190 valence electrons. The van der Waals surface area contributed by atoms with E-state index in [0.29, 0.717) is 36.3 Å². The fraction of sp³-hybridized carbons (Fsp3) is 0.520. The van der Waals surface area contributed by atoms with Gasteiger partial charge in [0.2, 0.25) is 0 Å². The van der Waals surface area contributed by atoms with Gasteiger partial charge in [-0.15, -0.1) is 0 Å². The molecule has 3 aliphatic heterocycles. The quantitative estimate of drug-likeness (QED) is 0.629. The van der Waals surface area contributed by atoms with Crippen molar-refractivity contribution in [2.24, 2.45) is 0 Å². The molecule has 0 aromatic carbocycles. The van der Waals surface area contributed by atoms with E-state index >= 15 is 0 Å². The third-order valence-corrected chi connectivity index (χ3v) is 6.79. The number of fused-ring (bicyclic) bond motifs is 4. The van der Waals surface area contributed by atoms with Gasteiger partial charge < -0.3 is 24.4 Å². The van der Waals surface area contributed by atoms with Crippen molar-refractivity contribution in [1.29, 1.82) is 0 Å². The van der Waals surface area contributed by atoms with E-state index in [9.17, 15) is 9.59 Å². The third-order valence-electron chi connectivity index (χ3n) is 6.79. The number of carbonyl (C=O) groups is 2. The van der Waals surface area contributed by atoms with Crippen LogP contribution in [0.5, 0.6) is 5.75 Å². The minimum absolute atomic E-state index is 0.0333. The lowest BCUT2D eigenvalue weighted by molar-refractivity contribution is -0.141. The number of urea groups is 1. The van der Waals surface area contributed by atoms with Crippen molar-refractivity contribution < 1.29 is 23.8 Å². The molecule has 5 heterocycles. The Morgan fingerprint density at radius 1 is 1.22 bits per heavy atom. The molecule has 36 heavy (non-hydrogen) atoms. The summed E-state index contributed by atoms with van der Waals surface area (Å²) in [5, 5.41) is 5.86. The SMILES string of the molecule is CC1(C)OC[C@@H](COc2ccnc(NC(=O)N3c4nc(C(=O)NC5CC5)ccc4N4CC[C@H]3C4)c2)O1. The smallest absolute Gasteiger partial charge is 0.329 e. The molecule has 11 heteroatoms. The Kier molecular flexibility index (Phi) is 5.68. The predicted molar refractivity (Wildman–Crippen MR) is 131 cm³/mol. The highest BCUT2D eigenvalue weighted by Crippen LogP contribution is 2.39. The molecule has 2 bridgehead atoms. The number of pyridine rings is 2. The van der Waals surface area contributed by atoms with Crippen LogP contribution >= 0.6 is 0 Å². The van der Waals surface area contributed by atoms with Gasteiger partial charge in [0.15, 0.2) is 11.6 Å². The van der Waals surface area contributed by atoms with Gasteiger partial charge in [-0.1, -0.05) is 0 Å². The lowest BCUT2D eigenvalue weighted by Crippen LogP contribution is -2.48. The summed E-state index contributed by atoms with van der Waals surface area (Å²) in [5.41, 5.74) is 1.17. The van der Waals surface area contributed by atoms with Crippen LogP contribution in [0.2, 0.25) is 0 Å². The molecule has 3 fully saturated rings. The largest absolute Gasteiger partial charge is 0.491 e. The van der Waals surface area contributed by atoms with Crippen LogP contribution in [-0.2, 0) is 9.47 Å². The van der Waals surface area contributed by atoms with Crippen molar-refractivity contribution in [3.05, 3.63) is 36.2 Å². The van der Waals surface area contributed by atoms with Gasteiger partial charge >= 0.3 is 6.03 Å². The maximum atomic E-state index is 13.5. The Bertz CT molecular complexity index is 1190. The monoisotopic (exact) mass is 494 g/mol. The molecule has 11 nitrogen and oxygen atoms in total.